The Labute approximate surface area is 138 Å². The molecule has 3 rings (SSSR count). The van der Waals surface area contributed by atoms with E-state index in [0.717, 1.165) is 5.56 Å². The average Bonchev–Trinajstić information content (AvgIpc) is 2.96. The van der Waals surface area contributed by atoms with Gasteiger partial charge in [0.15, 0.2) is 0 Å². The molecule has 0 aliphatic carbocycles. The van der Waals surface area contributed by atoms with Gasteiger partial charge in [-0.2, -0.15) is 4.31 Å². The van der Waals surface area contributed by atoms with Crippen LogP contribution in [0, 0.1) is 5.41 Å². The van der Waals surface area contributed by atoms with E-state index >= 15 is 0 Å². The molecule has 0 bridgehead atoms. The van der Waals surface area contributed by atoms with Crippen LogP contribution in [-0.2, 0) is 10.0 Å². The SMILES string of the molecule is C=C[C@@]1(C)CN(S(=O)(=O)c2ccccc2)C[C@@H]1c1ccccc1. The first kappa shape index (κ1) is 16.0. The largest absolute Gasteiger partial charge is 0.243 e. The monoisotopic (exact) mass is 327 g/mol. The predicted octanol–water partition coefficient (Wildman–Crippen LogP) is 3.67. The molecule has 1 heterocycles. The maximum atomic E-state index is 12.9. The third-order valence-corrected chi connectivity index (χ3v) is 6.57. The normalized spacial score (nSPS) is 25.3. The van der Waals surface area contributed by atoms with Crippen LogP contribution >= 0.6 is 0 Å². The summed E-state index contributed by atoms with van der Waals surface area (Å²) in [5.74, 6) is 0.111. The zero-order valence-electron chi connectivity index (χ0n) is 13.2. The lowest BCUT2D eigenvalue weighted by Crippen LogP contribution is -2.30. The van der Waals surface area contributed by atoms with Crippen molar-refractivity contribution in [2.24, 2.45) is 5.41 Å². The Kier molecular flexibility index (Phi) is 4.13. The minimum atomic E-state index is -3.48. The van der Waals surface area contributed by atoms with Crippen LogP contribution in [0.1, 0.15) is 18.4 Å². The lowest BCUT2D eigenvalue weighted by atomic mass is 9.76. The molecule has 1 fully saturated rings. The first-order valence-electron chi connectivity index (χ1n) is 7.71. The minimum Gasteiger partial charge on any atom is -0.207 e. The molecular formula is C19H21NO2S. The van der Waals surface area contributed by atoms with E-state index in [1.165, 1.54) is 0 Å². The molecule has 0 unspecified atom stereocenters. The molecule has 3 nitrogen and oxygen atoms in total. The van der Waals surface area contributed by atoms with Crippen LogP contribution in [0.5, 0.6) is 0 Å². The van der Waals surface area contributed by atoms with Gasteiger partial charge in [-0.25, -0.2) is 8.42 Å². The first-order chi connectivity index (χ1) is 11.0. The van der Waals surface area contributed by atoms with Gasteiger partial charge in [0.05, 0.1) is 4.90 Å². The Bertz CT molecular complexity index is 787. The molecule has 23 heavy (non-hydrogen) atoms. The number of benzene rings is 2. The highest BCUT2D eigenvalue weighted by molar-refractivity contribution is 7.89. The van der Waals surface area contributed by atoms with Crippen LogP contribution in [0.4, 0.5) is 0 Å². The molecule has 2 aromatic carbocycles. The quantitative estimate of drug-likeness (QED) is 0.804. The van der Waals surface area contributed by atoms with E-state index in [9.17, 15) is 8.42 Å². The van der Waals surface area contributed by atoms with Crippen molar-refractivity contribution in [3.63, 3.8) is 0 Å². The van der Waals surface area contributed by atoms with Crippen molar-refractivity contribution >= 4 is 10.0 Å². The standard InChI is InChI=1S/C19H21NO2S/c1-3-19(2)15-20(14-18(19)16-10-6-4-7-11-16)23(21,22)17-12-8-5-9-13-17/h3-13,18H,1,14-15H2,2H3/t18-,19+/m1/s1. The van der Waals surface area contributed by atoms with E-state index in [1.54, 1.807) is 28.6 Å². The van der Waals surface area contributed by atoms with Crippen molar-refractivity contribution in [1.29, 1.82) is 0 Å². The lowest BCUT2D eigenvalue weighted by Gasteiger charge is -2.27. The molecular weight excluding hydrogens is 306 g/mol. The lowest BCUT2D eigenvalue weighted by molar-refractivity contribution is 0.400. The van der Waals surface area contributed by atoms with Gasteiger partial charge >= 0.3 is 0 Å². The average molecular weight is 327 g/mol. The van der Waals surface area contributed by atoms with E-state index in [-0.39, 0.29) is 11.3 Å². The van der Waals surface area contributed by atoms with E-state index in [4.69, 9.17) is 0 Å². The van der Waals surface area contributed by atoms with Gasteiger partial charge in [-0.1, -0.05) is 61.5 Å². The van der Waals surface area contributed by atoms with E-state index in [2.05, 4.69) is 25.6 Å². The molecule has 1 saturated heterocycles. The Balaban J connectivity index is 1.97. The highest BCUT2D eigenvalue weighted by Crippen LogP contribution is 2.45. The van der Waals surface area contributed by atoms with Crippen LogP contribution in [0.15, 0.2) is 78.2 Å². The number of hydrogen-bond acceptors (Lipinski definition) is 2. The summed E-state index contributed by atoms with van der Waals surface area (Å²) in [6.45, 7) is 6.97. The van der Waals surface area contributed by atoms with Gasteiger partial charge in [-0.05, 0) is 17.7 Å². The number of nitrogens with zero attached hydrogens (tertiary/aromatic N) is 1. The molecule has 0 saturated carbocycles. The molecule has 1 aliphatic heterocycles. The smallest absolute Gasteiger partial charge is 0.207 e. The third kappa shape index (κ3) is 2.84. The molecule has 120 valence electrons. The summed E-state index contributed by atoms with van der Waals surface area (Å²) in [6, 6.07) is 18.7. The fourth-order valence-electron chi connectivity index (χ4n) is 3.27. The van der Waals surface area contributed by atoms with Crippen LogP contribution in [-0.4, -0.2) is 25.8 Å². The summed E-state index contributed by atoms with van der Waals surface area (Å²) in [4.78, 5) is 0.347. The van der Waals surface area contributed by atoms with Crippen LogP contribution in [0.2, 0.25) is 0 Å². The maximum Gasteiger partial charge on any atom is 0.243 e. The van der Waals surface area contributed by atoms with Gasteiger partial charge < -0.3 is 0 Å². The summed E-state index contributed by atoms with van der Waals surface area (Å²) < 4.78 is 27.4. The summed E-state index contributed by atoms with van der Waals surface area (Å²) in [5.41, 5.74) is 0.879. The molecule has 2 aromatic rings. The Morgan fingerprint density at radius 1 is 1.09 bits per heavy atom. The predicted molar refractivity (Wildman–Crippen MR) is 92.7 cm³/mol. The molecule has 0 aromatic heterocycles. The highest BCUT2D eigenvalue weighted by atomic mass is 32.2. The molecule has 0 amide bonds. The second-order valence-electron chi connectivity index (χ2n) is 6.28. The van der Waals surface area contributed by atoms with Crippen LogP contribution in [0.25, 0.3) is 0 Å². The van der Waals surface area contributed by atoms with Gasteiger partial charge in [0.1, 0.15) is 0 Å². The second kappa shape index (κ2) is 5.95. The van der Waals surface area contributed by atoms with Crippen molar-refractivity contribution in [3.8, 4) is 0 Å². The number of rotatable bonds is 4. The molecule has 0 radical (unpaired) electrons. The number of sulfonamides is 1. The summed E-state index contributed by atoms with van der Waals surface area (Å²) in [5, 5.41) is 0. The van der Waals surface area contributed by atoms with Gasteiger partial charge in [-0.3, -0.25) is 0 Å². The molecule has 2 atom stereocenters. The van der Waals surface area contributed by atoms with Crippen molar-refractivity contribution in [2.45, 2.75) is 17.7 Å². The van der Waals surface area contributed by atoms with Gasteiger partial charge in [0.25, 0.3) is 0 Å². The topological polar surface area (TPSA) is 37.4 Å². The Morgan fingerprint density at radius 3 is 2.22 bits per heavy atom. The fourth-order valence-corrected chi connectivity index (χ4v) is 4.86. The van der Waals surface area contributed by atoms with Crippen molar-refractivity contribution in [2.75, 3.05) is 13.1 Å². The Morgan fingerprint density at radius 2 is 1.65 bits per heavy atom. The summed E-state index contributed by atoms with van der Waals surface area (Å²) in [7, 11) is -3.48. The van der Waals surface area contributed by atoms with Crippen LogP contribution < -0.4 is 0 Å². The van der Waals surface area contributed by atoms with Crippen LogP contribution in [0.3, 0.4) is 0 Å². The summed E-state index contributed by atoms with van der Waals surface area (Å²) in [6.07, 6.45) is 1.89. The molecule has 0 N–H and O–H groups in total. The summed E-state index contributed by atoms with van der Waals surface area (Å²) >= 11 is 0. The molecule has 0 spiro atoms. The highest BCUT2D eigenvalue weighted by Gasteiger charge is 2.46. The van der Waals surface area contributed by atoms with Gasteiger partial charge in [0.2, 0.25) is 10.0 Å². The van der Waals surface area contributed by atoms with Crippen molar-refractivity contribution in [3.05, 3.63) is 78.9 Å². The first-order valence-corrected chi connectivity index (χ1v) is 9.15. The van der Waals surface area contributed by atoms with E-state index < -0.39 is 10.0 Å². The number of hydrogen-bond donors (Lipinski definition) is 0. The Hall–Kier alpha value is -1.91. The fraction of sp³-hybridized carbons (Fsp3) is 0.263. The van der Waals surface area contributed by atoms with Gasteiger partial charge in [0, 0.05) is 24.4 Å². The van der Waals surface area contributed by atoms with Crippen molar-refractivity contribution < 1.29 is 8.42 Å². The van der Waals surface area contributed by atoms with E-state index in [1.807, 2.05) is 30.3 Å². The zero-order chi connectivity index (χ0) is 16.5. The van der Waals surface area contributed by atoms with Gasteiger partial charge in [-0.15, -0.1) is 6.58 Å². The molecule has 4 heteroatoms. The van der Waals surface area contributed by atoms with E-state index in [0.29, 0.717) is 18.0 Å². The third-order valence-electron chi connectivity index (χ3n) is 4.75. The van der Waals surface area contributed by atoms with Crippen molar-refractivity contribution in [1.82, 2.24) is 4.31 Å². The second-order valence-corrected chi connectivity index (χ2v) is 8.22. The zero-order valence-corrected chi connectivity index (χ0v) is 14.0. The minimum absolute atomic E-state index is 0.111. The maximum absolute atomic E-state index is 12.9. The molecule has 1 aliphatic rings.